The van der Waals surface area contributed by atoms with Crippen molar-refractivity contribution in [2.45, 2.75) is 25.7 Å². The lowest BCUT2D eigenvalue weighted by Crippen LogP contribution is -2.03. The summed E-state index contributed by atoms with van der Waals surface area (Å²) in [6.07, 6.45) is 4.56. The Bertz CT molecular complexity index is 503. The van der Waals surface area contributed by atoms with Gasteiger partial charge in [-0.1, -0.05) is 12.1 Å². The van der Waals surface area contributed by atoms with Gasteiger partial charge in [-0.2, -0.15) is 5.10 Å². The number of anilines is 1. The zero-order chi connectivity index (χ0) is 11.1. The lowest BCUT2D eigenvalue weighted by Gasteiger charge is -2.08. The van der Waals surface area contributed by atoms with Crippen molar-refractivity contribution in [3.63, 3.8) is 0 Å². The lowest BCUT2D eigenvalue weighted by molar-refractivity contribution is 0.834. The average molecular weight is 213 g/mol. The fourth-order valence-corrected chi connectivity index (χ4v) is 2.05. The van der Waals surface area contributed by atoms with Gasteiger partial charge in [0.2, 0.25) is 0 Å². The topological polar surface area (TPSA) is 43.8 Å². The van der Waals surface area contributed by atoms with Crippen LogP contribution in [-0.4, -0.2) is 9.78 Å². The van der Waals surface area contributed by atoms with Crippen molar-refractivity contribution in [3.05, 3.63) is 41.7 Å². The van der Waals surface area contributed by atoms with E-state index >= 15 is 0 Å². The molecule has 2 aromatic rings. The highest BCUT2D eigenvalue weighted by molar-refractivity contribution is 5.61. The van der Waals surface area contributed by atoms with E-state index in [1.54, 1.807) is 0 Å². The number of nitrogen functional groups attached to an aromatic ring is 1. The molecule has 1 aliphatic rings. The van der Waals surface area contributed by atoms with Crippen LogP contribution < -0.4 is 5.73 Å². The summed E-state index contributed by atoms with van der Waals surface area (Å²) in [5, 5.41) is 4.60. The minimum atomic E-state index is 0.687. The van der Waals surface area contributed by atoms with Crippen molar-refractivity contribution in [1.82, 2.24) is 9.78 Å². The van der Waals surface area contributed by atoms with E-state index in [1.165, 1.54) is 18.5 Å². The smallest absolute Gasteiger partial charge is 0.0903 e. The van der Waals surface area contributed by atoms with Crippen molar-refractivity contribution < 1.29 is 0 Å². The maximum Gasteiger partial charge on any atom is 0.0903 e. The van der Waals surface area contributed by atoms with E-state index < -0.39 is 0 Å². The molecule has 1 aromatic carbocycles. The highest BCUT2D eigenvalue weighted by Crippen LogP contribution is 2.39. The Morgan fingerprint density at radius 3 is 2.81 bits per heavy atom. The van der Waals surface area contributed by atoms with Crippen LogP contribution in [0.4, 0.5) is 5.69 Å². The summed E-state index contributed by atoms with van der Waals surface area (Å²) in [6.45, 7) is 2.06. The third kappa shape index (κ3) is 1.48. The number of hydrogen-bond acceptors (Lipinski definition) is 2. The Labute approximate surface area is 94.9 Å². The molecule has 3 heteroatoms. The van der Waals surface area contributed by atoms with Gasteiger partial charge < -0.3 is 5.73 Å². The fraction of sp³-hybridized carbons (Fsp3) is 0.308. The second-order valence-electron chi connectivity index (χ2n) is 4.47. The standard InChI is InChI=1S/C13H15N3/c1-9-3-2-4-11(14)13(9)16-8-7-12(15-16)10-5-6-10/h2-4,7-8,10H,5-6,14H2,1H3. The van der Waals surface area contributed by atoms with E-state index in [-0.39, 0.29) is 0 Å². The number of aryl methyl sites for hydroxylation is 1. The quantitative estimate of drug-likeness (QED) is 0.779. The zero-order valence-corrected chi connectivity index (χ0v) is 9.35. The maximum absolute atomic E-state index is 5.99. The van der Waals surface area contributed by atoms with Crippen LogP contribution in [0, 0.1) is 6.92 Å². The van der Waals surface area contributed by atoms with Crippen molar-refractivity contribution >= 4 is 5.69 Å². The molecule has 0 unspecified atom stereocenters. The number of hydrogen-bond donors (Lipinski definition) is 1. The highest BCUT2D eigenvalue weighted by Gasteiger charge is 2.26. The third-order valence-corrected chi connectivity index (χ3v) is 3.10. The molecule has 1 aliphatic carbocycles. The monoisotopic (exact) mass is 213 g/mol. The summed E-state index contributed by atoms with van der Waals surface area (Å²) >= 11 is 0. The molecule has 3 rings (SSSR count). The number of nitrogens with two attached hydrogens (primary N) is 1. The van der Waals surface area contributed by atoms with Crippen LogP contribution in [0.15, 0.2) is 30.5 Å². The molecule has 0 radical (unpaired) electrons. The summed E-state index contributed by atoms with van der Waals surface area (Å²) in [4.78, 5) is 0. The Hall–Kier alpha value is -1.77. The highest BCUT2D eigenvalue weighted by atomic mass is 15.3. The van der Waals surface area contributed by atoms with E-state index in [9.17, 15) is 0 Å². The van der Waals surface area contributed by atoms with Gasteiger partial charge in [-0.25, -0.2) is 4.68 Å². The Morgan fingerprint density at radius 1 is 1.31 bits per heavy atom. The van der Waals surface area contributed by atoms with Crippen molar-refractivity contribution in [2.75, 3.05) is 5.73 Å². The molecule has 0 saturated heterocycles. The normalized spacial score (nSPS) is 15.3. The molecule has 2 N–H and O–H groups in total. The van der Waals surface area contributed by atoms with Gasteiger partial charge in [0.25, 0.3) is 0 Å². The molecule has 1 aromatic heterocycles. The minimum Gasteiger partial charge on any atom is -0.397 e. The largest absolute Gasteiger partial charge is 0.397 e. The molecular weight excluding hydrogens is 198 g/mol. The Kier molecular flexibility index (Phi) is 1.99. The summed E-state index contributed by atoms with van der Waals surface area (Å²) < 4.78 is 1.90. The number of rotatable bonds is 2. The number of aromatic nitrogens is 2. The predicted octanol–water partition coefficient (Wildman–Crippen LogP) is 2.64. The van der Waals surface area contributed by atoms with E-state index in [1.807, 2.05) is 23.0 Å². The molecule has 0 atom stereocenters. The van der Waals surface area contributed by atoms with Crippen molar-refractivity contribution in [2.24, 2.45) is 0 Å². The molecule has 0 spiro atoms. The summed E-state index contributed by atoms with van der Waals surface area (Å²) in [6, 6.07) is 8.05. The van der Waals surface area contributed by atoms with Gasteiger partial charge in [-0.3, -0.25) is 0 Å². The minimum absolute atomic E-state index is 0.687. The van der Waals surface area contributed by atoms with E-state index in [0.717, 1.165) is 16.9 Å². The molecule has 0 aliphatic heterocycles. The molecular formula is C13H15N3. The molecule has 16 heavy (non-hydrogen) atoms. The summed E-state index contributed by atoms with van der Waals surface area (Å²) in [5.74, 6) is 0.687. The average Bonchev–Trinajstić information content (AvgIpc) is 2.99. The third-order valence-electron chi connectivity index (χ3n) is 3.10. The molecule has 0 bridgehead atoms. The molecule has 1 saturated carbocycles. The zero-order valence-electron chi connectivity index (χ0n) is 9.35. The van der Waals surface area contributed by atoms with Crippen LogP contribution in [-0.2, 0) is 0 Å². The SMILES string of the molecule is Cc1cccc(N)c1-n1ccc(C2CC2)n1. The second kappa shape index (κ2) is 3.37. The van der Waals surface area contributed by atoms with Gasteiger partial charge in [0.15, 0.2) is 0 Å². The van der Waals surface area contributed by atoms with Gasteiger partial charge in [-0.05, 0) is 37.5 Å². The van der Waals surface area contributed by atoms with Crippen LogP contribution in [0.2, 0.25) is 0 Å². The number of nitrogens with zero attached hydrogens (tertiary/aromatic N) is 2. The molecule has 1 heterocycles. The first-order chi connectivity index (χ1) is 7.75. The van der Waals surface area contributed by atoms with Crippen molar-refractivity contribution in [3.8, 4) is 5.69 Å². The number of benzene rings is 1. The molecule has 0 amide bonds. The fourth-order valence-electron chi connectivity index (χ4n) is 2.05. The number of para-hydroxylation sites is 1. The molecule has 3 nitrogen and oxygen atoms in total. The maximum atomic E-state index is 5.99. The van der Waals surface area contributed by atoms with Crippen LogP contribution >= 0.6 is 0 Å². The van der Waals surface area contributed by atoms with Crippen LogP contribution in [0.25, 0.3) is 5.69 Å². The van der Waals surface area contributed by atoms with E-state index in [2.05, 4.69) is 24.2 Å². The van der Waals surface area contributed by atoms with Crippen LogP contribution in [0.3, 0.4) is 0 Å². The predicted molar refractivity (Wildman–Crippen MR) is 64.7 cm³/mol. The first kappa shape index (κ1) is 9.46. The van der Waals surface area contributed by atoms with Gasteiger partial charge in [0, 0.05) is 12.1 Å². The van der Waals surface area contributed by atoms with Crippen LogP contribution in [0.1, 0.15) is 30.0 Å². The summed E-state index contributed by atoms with van der Waals surface area (Å²) in [5.41, 5.74) is 10.1. The first-order valence-electron chi connectivity index (χ1n) is 5.67. The first-order valence-corrected chi connectivity index (χ1v) is 5.67. The molecule has 1 fully saturated rings. The van der Waals surface area contributed by atoms with Crippen molar-refractivity contribution in [1.29, 1.82) is 0 Å². The van der Waals surface area contributed by atoms with Crippen LogP contribution in [0.5, 0.6) is 0 Å². The lowest BCUT2D eigenvalue weighted by atomic mass is 10.2. The van der Waals surface area contributed by atoms with E-state index in [0.29, 0.717) is 5.92 Å². The van der Waals surface area contributed by atoms with Gasteiger partial charge >= 0.3 is 0 Å². The van der Waals surface area contributed by atoms with Gasteiger partial charge in [0.1, 0.15) is 0 Å². The summed E-state index contributed by atoms with van der Waals surface area (Å²) in [7, 11) is 0. The Morgan fingerprint density at radius 2 is 2.12 bits per heavy atom. The second-order valence-corrected chi connectivity index (χ2v) is 4.47. The van der Waals surface area contributed by atoms with Gasteiger partial charge in [0.05, 0.1) is 17.1 Å². The molecule has 82 valence electrons. The Balaban J connectivity index is 2.06. The van der Waals surface area contributed by atoms with Gasteiger partial charge in [-0.15, -0.1) is 0 Å². The van der Waals surface area contributed by atoms with E-state index in [4.69, 9.17) is 5.73 Å².